The standard InChI is InChI=1S/C13H21NO3/c1-14-8-11(9-15-2)10-5-6-12(16-3)13(7-10)17-4/h5-7,11,14H,8-9H2,1-4H3. The number of rotatable bonds is 7. The Morgan fingerprint density at radius 3 is 2.35 bits per heavy atom. The Bertz CT molecular complexity index is 335. The van der Waals surface area contributed by atoms with E-state index in [-0.39, 0.29) is 0 Å². The summed E-state index contributed by atoms with van der Waals surface area (Å²) < 4.78 is 15.7. The van der Waals surface area contributed by atoms with E-state index in [2.05, 4.69) is 5.32 Å². The average Bonchev–Trinajstić information content (AvgIpc) is 2.37. The first-order valence-corrected chi connectivity index (χ1v) is 5.62. The number of nitrogens with one attached hydrogen (secondary N) is 1. The van der Waals surface area contributed by atoms with Crippen LogP contribution in [0, 0.1) is 0 Å². The number of methoxy groups -OCH3 is 3. The topological polar surface area (TPSA) is 39.7 Å². The number of ether oxygens (including phenoxy) is 3. The second-order valence-corrected chi connectivity index (χ2v) is 3.82. The minimum absolute atomic E-state index is 0.310. The van der Waals surface area contributed by atoms with Crippen LogP contribution in [-0.4, -0.2) is 41.5 Å². The average molecular weight is 239 g/mol. The van der Waals surface area contributed by atoms with Gasteiger partial charge in [0.05, 0.1) is 20.8 Å². The van der Waals surface area contributed by atoms with E-state index in [0.717, 1.165) is 18.0 Å². The van der Waals surface area contributed by atoms with Gasteiger partial charge in [0.1, 0.15) is 0 Å². The minimum Gasteiger partial charge on any atom is -0.493 e. The molecule has 0 heterocycles. The molecule has 0 aliphatic rings. The Kier molecular flexibility index (Phi) is 5.80. The van der Waals surface area contributed by atoms with Gasteiger partial charge in [0, 0.05) is 19.6 Å². The zero-order chi connectivity index (χ0) is 12.7. The largest absolute Gasteiger partial charge is 0.493 e. The summed E-state index contributed by atoms with van der Waals surface area (Å²) in [6.07, 6.45) is 0. The highest BCUT2D eigenvalue weighted by molar-refractivity contribution is 5.44. The van der Waals surface area contributed by atoms with E-state index >= 15 is 0 Å². The van der Waals surface area contributed by atoms with Crippen LogP contribution in [0.15, 0.2) is 18.2 Å². The molecule has 0 aliphatic heterocycles. The zero-order valence-electron chi connectivity index (χ0n) is 10.9. The molecular formula is C13H21NO3. The van der Waals surface area contributed by atoms with Crippen LogP contribution in [0.4, 0.5) is 0 Å². The Morgan fingerprint density at radius 2 is 1.82 bits per heavy atom. The highest BCUT2D eigenvalue weighted by Gasteiger charge is 2.13. The van der Waals surface area contributed by atoms with Gasteiger partial charge in [-0.3, -0.25) is 0 Å². The molecule has 1 aromatic carbocycles. The maximum atomic E-state index is 5.30. The third kappa shape index (κ3) is 3.61. The highest BCUT2D eigenvalue weighted by atomic mass is 16.5. The molecule has 1 unspecified atom stereocenters. The summed E-state index contributed by atoms with van der Waals surface area (Å²) in [5, 5.41) is 3.17. The van der Waals surface area contributed by atoms with Crippen LogP contribution in [0.5, 0.6) is 11.5 Å². The Labute approximate surface area is 103 Å². The summed E-state index contributed by atoms with van der Waals surface area (Å²) in [5.41, 5.74) is 1.18. The molecule has 1 rings (SSSR count). The predicted octanol–water partition coefficient (Wildman–Crippen LogP) is 1.65. The van der Waals surface area contributed by atoms with Crippen LogP contribution in [-0.2, 0) is 4.74 Å². The second kappa shape index (κ2) is 7.14. The van der Waals surface area contributed by atoms with Crippen molar-refractivity contribution < 1.29 is 14.2 Å². The molecule has 0 aromatic heterocycles. The van der Waals surface area contributed by atoms with Crippen molar-refractivity contribution in [2.24, 2.45) is 0 Å². The molecule has 0 saturated heterocycles. The smallest absolute Gasteiger partial charge is 0.160 e. The van der Waals surface area contributed by atoms with Crippen molar-refractivity contribution in [3.8, 4) is 11.5 Å². The lowest BCUT2D eigenvalue weighted by molar-refractivity contribution is 0.178. The predicted molar refractivity (Wildman–Crippen MR) is 68.1 cm³/mol. The SMILES string of the molecule is CNCC(COC)c1ccc(OC)c(OC)c1. The van der Waals surface area contributed by atoms with E-state index in [4.69, 9.17) is 14.2 Å². The van der Waals surface area contributed by atoms with Gasteiger partial charge in [-0.25, -0.2) is 0 Å². The van der Waals surface area contributed by atoms with Gasteiger partial charge < -0.3 is 19.5 Å². The summed E-state index contributed by atoms with van der Waals surface area (Å²) in [6, 6.07) is 5.97. The van der Waals surface area contributed by atoms with Crippen molar-refractivity contribution in [1.29, 1.82) is 0 Å². The van der Waals surface area contributed by atoms with Gasteiger partial charge in [0.15, 0.2) is 11.5 Å². The molecule has 0 spiro atoms. The van der Waals surface area contributed by atoms with Crippen LogP contribution in [0.2, 0.25) is 0 Å². The van der Waals surface area contributed by atoms with Crippen molar-refractivity contribution >= 4 is 0 Å². The molecule has 0 aliphatic carbocycles. The first-order chi connectivity index (χ1) is 8.26. The Balaban J connectivity index is 2.94. The molecule has 1 N–H and O–H groups in total. The van der Waals surface area contributed by atoms with Gasteiger partial charge >= 0.3 is 0 Å². The van der Waals surface area contributed by atoms with Crippen LogP contribution >= 0.6 is 0 Å². The fraction of sp³-hybridized carbons (Fsp3) is 0.538. The molecule has 0 saturated carbocycles. The third-order valence-corrected chi connectivity index (χ3v) is 2.70. The second-order valence-electron chi connectivity index (χ2n) is 3.82. The molecule has 17 heavy (non-hydrogen) atoms. The third-order valence-electron chi connectivity index (χ3n) is 2.70. The van der Waals surface area contributed by atoms with E-state index in [1.807, 2.05) is 25.2 Å². The monoisotopic (exact) mass is 239 g/mol. The van der Waals surface area contributed by atoms with E-state index in [0.29, 0.717) is 12.5 Å². The molecule has 0 radical (unpaired) electrons. The summed E-state index contributed by atoms with van der Waals surface area (Å²) >= 11 is 0. The molecule has 0 fully saturated rings. The summed E-state index contributed by atoms with van der Waals surface area (Å²) in [7, 11) is 6.93. The number of hydrogen-bond acceptors (Lipinski definition) is 4. The van der Waals surface area contributed by atoms with Gasteiger partial charge in [0.25, 0.3) is 0 Å². The molecule has 1 atom stereocenters. The van der Waals surface area contributed by atoms with Gasteiger partial charge in [-0.15, -0.1) is 0 Å². The van der Waals surface area contributed by atoms with Crippen LogP contribution in [0.3, 0.4) is 0 Å². The van der Waals surface area contributed by atoms with Crippen molar-refractivity contribution in [3.05, 3.63) is 23.8 Å². The van der Waals surface area contributed by atoms with Crippen molar-refractivity contribution in [3.63, 3.8) is 0 Å². The Hall–Kier alpha value is -1.26. The van der Waals surface area contributed by atoms with Crippen molar-refractivity contribution in [2.45, 2.75) is 5.92 Å². The quantitative estimate of drug-likeness (QED) is 0.785. The van der Waals surface area contributed by atoms with Crippen molar-refractivity contribution in [1.82, 2.24) is 5.32 Å². The van der Waals surface area contributed by atoms with Crippen LogP contribution in [0.1, 0.15) is 11.5 Å². The van der Waals surface area contributed by atoms with E-state index in [1.165, 1.54) is 5.56 Å². The number of benzene rings is 1. The molecule has 4 nitrogen and oxygen atoms in total. The van der Waals surface area contributed by atoms with Gasteiger partial charge in [-0.1, -0.05) is 6.07 Å². The van der Waals surface area contributed by atoms with E-state index < -0.39 is 0 Å². The number of likely N-dealkylation sites (N-methyl/N-ethyl adjacent to an activating group) is 1. The van der Waals surface area contributed by atoms with Gasteiger partial charge in [-0.05, 0) is 24.7 Å². The number of hydrogen-bond donors (Lipinski definition) is 1. The van der Waals surface area contributed by atoms with Crippen LogP contribution in [0.25, 0.3) is 0 Å². The van der Waals surface area contributed by atoms with E-state index in [9.17, 15) is 0 Å². The first-order valence-electron chi connectivity index (χ1n) is 5.62. The maximum absolute atomic E-state index is 5.30. The van der Waals surface area contributed by atoms with Gasteiger partial charge in [-0.2, -0.15) is 0 Å². The molecular weight excluding hydrogens is 218 g/mol. The fourth-order valence-electron chi connectivity index (χ4n) is 1.83. The normalized spacial score (nSPS) is 12.2. The molecule has 96 valence electrons. The highest BCUT2D eigenvalue weighted by Crippen LogP contribution is 2.30. The maximum Gasteiger partial charge on any atom is 0.160 e. The van der Waals surface area contributed by atoms with Crippen LogP contribution < -0.4 is 14.8 Å². The minimum atomic E-state index is 0.310. The first kappa shape index (κ1) is 13.8. The molecule has 4 heteroatoms. The molecule has 0 bridgehead atoms. The lowest BCUT2D eigenvalue weighted by Crippen LogP contribution is -2.21. The van der Waals surface area contributed by atoms with E-state index in [1.54, 1.807) is 21.3 Å². The lowest BCUT2D eigenvalue weighted by Gasteiger charge is -2.17. The Morgan fingerprint density at radius 1 is 1.12 bits per heavy atom. The fourth-order valence-corrected chi connectivity index (χ4v) is 1.83. The zero-order valence-corrected chi connectivity index (χ0v) is 10.9. The molecule has 0 amide bonds. The summed E-state index contributed by atoms with van der Waals surface area (Å²) in [5.74, 6) is 1.81. The molecule has 1 aromatic rings. The van der Waals surface area contributed by atoms with Gasteiger partial charge in [0.2, 0.25) is 0 Å². The summed E-state index contributed by atoms with van der Waals surface area (Å²) in [4.78, 5) is 0. The summed E-state index contributed by atoms with van der Waals surface area (Å²) in [6.45, 7) is 1.54. The van der Waals surface area contributed by atoms with Crippen molar-refractivity contribution in [2.75, 3.05) is 41.5 Å². The lowest BCUT2D eigenvalue weighted by atomic mass is 9.99.